The van der Waals surface area contributed by atoms with Crippen molar-refractivity contribution in [2.45, 2.75) is 11.8 Å². The third-order valence-electron chi connectivity index (χ3n) is 3.93. The maximum Gasteiger partial charge on any atom is 0.326 e. The number of methoxy groups -OCH3 is 1. The number of hydrogen-bond donors (Lipinski definition) is 1. The molecule has 1 heterocycles. The minimum Gasteiger partial charge on any atom is -0.468 e. The number of aromatic amines is 1. The molecule has 0 aliphatic carbocycles. The van der Waals surface area contributed by atoms with Crippen molar-refractivity contribution < 1.29 is 17.9 Å². The molecular formula is C18H17ClN2O4S. The van der Waals surface area contributed by atoms with E-state index in [9.17, 15) is 13.2 Å². The molecule has 0 saturated carbocycles. The second-order valence-electron chi connectivity index (χ2n) is 5.77. The molecule has 1 aromatic heterocycles. The maximum atomic E-state index is 13.2. The van der Waals surface area contributed by atoms with Gasteiger partial charge in [-0.25, -0.2) is 8.42 Å². The van der Waals surface area contributed by atoms with Crippen molar-refractivity contribution in [1.82, 2.24) is 4.98 Å². The Labute approximate surface area is 156 Å². The Morgan fingerprint density at radius 2 is 1.85 bits per heavy atom. The standard InChI is InChI=1S/C18H17ClN2O4S/c1-12-9-13-10-16(7-8-17(13)20-12)26(23,24)21(11-18(22)25-2)15-5-3-14(19)4-6-15/h3-10,20H,11H2,1-2H3. The Hall–Kier alpha value is -2.51. The topological polar surface area (TPSA) is 79.5 Å². The van der Waals surface area contributed by atoms with Gasteiger partial charge in [-0.2, -0.15) is 0 Å². The quantitative estimate of drug-likeness (QED) is 0.674. The fourth-order valence-electron chi connectivity index (χ4n) is 2.65. The number of esters is 1. The third-order valence-corrected chi connectivity index (χ3v) is 5.95. The minimum absolute atomic E-state index is 0.0860. The van der Waals surface area contributed by atoms with E-state index in [1.807, 2.05) is 13.0 Å². The fraction of sp³-hybridized carbons (Fsp3) is 0.167. The molecule has 6 nitrogen and oxygen atoms in total. The summed E-state index contributed by atoms with van der Waals surface area (Å²) >= 11 is 5.89. The van der Waals surface area contributed by atoms with Gasteiger partial charge in [-0.15, -0.1) is 0 Å². The first-order chi connectivity index (χ1) is 12.3. The molecule has 0 unspecified atom stereocenters. The zero-order valence-corrected chi connectivity index (χ0v) is 15.8. The Balaban J connectivity index is 2.09. The van der Waals surface area contributed by atoms with Gasteiger partial charge in [-0.3, -0.25) is 9.10 Å². The van der Waals surface area contributed by atoms with Crippen molar-refractivity contribution >= 4 is 44.2 Å². The molecule has 0 fully saturated rings. The number of carbonyl (C=O) groups is 1. The Morgan fingerprint density at radius 3 is 2.50 bits per heavy atom. The number of hydrogen-bond acceptors (Lipinski definition) is 4. The first kappa shape index (κ1) is 18.3. The van der Waals surface area contributed by atoms with E-state index in [4.69, 9.17) is 11.6 Å². The van der Waals surface area contributed by atoms with Gasteiger partial charge < -0.3 is 9.72 Å². The highest BCUT2D eigenvalue weighted by atomic mass is 35.5. The number of rotatable bonds is 5. The lowest BCUT2D eigenvalue weighted by Crippen LogP contribution is -2.36. The van der Waals surface area contributed by atoms with Crippen molar-refractivity contribution in [3.8, 4) is 0 Å². The van der Waals surface area contributed by atoms with Crippen LogP contribution in [-0.4, -0.2) is 33.0 Å². The lowest BCUT2D eigenvalue weighted by molar-refractivity contribution is -0.138. The molecule has 0 saturated heterocycles. The number of nitrogens with one attached hydrogen (secondary N) is 1. The van der Waals surface area contributed by atoms with Gasteiger partial charge >= 0.3 is 5.97 Å². The van der Waals surface area contributed by atoms with Crippen LogP contribution < -0.4 is 4.31 Å². The molecule has 2 aromatic carbocycles. The second kappa shape index (κ2) is 7.01. The van der Waals surface area contributed by atoms with Gasteiger partial charge in [0.15, 0.2) is 0 Å². The number of nitrogens with zero attached hydrogens (tertiary/aromatic N) is 1. The minimum atomic E-state index is -3.98. The van der Waals surface area contributed by atoms with E-state index in [2.05, 4.69) is 9.72 Å². The SMILES string of the molecule is COC(=O)CN(c1ccc(Cl)cc1)S(=O)(=O)c1ccc2[nH]c(C)cc2c1. The van der Waals surface area contributed by atoms with E-state index in [-0.39, 0.29) is 4.90 Å². The summed E-state index contributed by atoms with van der Waals surface area (Å²) in [5.74, 6) is -0.665. The molecule has 0 radical (unpaired) electrons. The highest BCUT2D eigenvalue weighted by Crippen LogP contribution is 2.27. The van der Waals surface area contributed by atoms with Crippen LogP contribution in [0.25, 0.3) is 10.9 Å². The average Bonchev–Trinajstić information content (AvgIpc) is 2.99. The summed E-state index contributed by atoms with van der Waals surface area (Å²) in [6.07, 6.45) is 0. The number of H-pyrrole nitrogens is 1. The first-order valence-electron chi connectivity index (χ1n) is 7.76. The predicted molar refractivity (Wildman–Crippen MR) is 101 cm³/mol. The molecule has 0 amide bonds. The van der Waals surface area contributed by atoms with Crippen molar-refractivity contribution in [2.75, 3.05) is 18.0 Å². The van der Waals surface area contributed by atoms with E-state index in [1.54, 1.807) is 36.4 Å². The van der Waals surface area contributed by atoms with Crippen LogP contribution in [0.5, 0.6) is 0 Å². The number of benzene rings is 2. The molecule has 1 N–H and O–H groups in total. The predicted octanol–water partition coefficient (Wildman–Crippen LogP) is 3.50. The van der Waals surface area contributed by atoms with Crippen molar-refractivity contribution in [2.24, 2.45) is 0 Å². The maximum absolute atomic E-state index is 13.2. The number of aryl methyl sites for hydroxylation is 1. The highest BCUT2D eigenvalue weighted by molar-refractivity contribution is 7.92. The van der Waals surface area contributed by atoms with E-state index >= 15 is 0 Å². The van der Waals surface area contributed by atoms with E-state index < -0.39 is 22.5 Å². The van der Waals surface area contributed by atoms with Gasteiger partial charge in [0.2, 0.25) is 0 Å². The zero-order chi connectivity index (χ0) is 18.9. The molecule has 136 valence electrons. The largest absolute Gasteiger partial charge is 0.468 e. The number of aromatic nitrogens is 1. The monoisotopic (exact) mass is 392 g/mol. The molecule has 3 rings (SSSR count). The average molecular weight is 393 g/mol. The number of carbonyl (C=O) groups excluding carboxylic acids is 1. The van der Waals surface area contributed by atoms with Crippen LogP contribution in [0.2, 0.25) is 5.02 Å². The van der Waals surface area contributed by atoms with Crippen LogP contribution in [0.1, 0.15) is 5.69 Å². The van der Waals surface area contributed by atoms with Crippen molar-refractivity contribution in [1.29, 1.82) is 0 Å². The summed E-state index contributed by atoms with van der Waals surface area (Å²) < 4.78 is 32.1. The Bertz CT molecular complexity index is 1060. The van der Waals surface area contributed by atoms with Crippen LogP contribution in [0, 0.1) is 6.92 Å². The van der Waals surface area contributed by atoms with Crippen LogP contribution in [-0.2, 0) is 19.6 Å². The highest BCUT2D eigenvalue weighted by Gasteiger charge is 2.28. The molecule has 26 heavy (non-hydrogen) atoms. The fourth-order valence-corrected chi connectivity index (χ4v) is 4.22. The summed E-state index contributed by atoms with van der Waals surface area (Å²) in [4.78, 5) is 15.0. The molecular weight excluding hydrogens is 376 g/mol. The summed E-state index contributed by atoms with van der Waals surface area (Å²) in [6, 6.07) is 12.9. The molecule has 3 aromatic rings. The van der Waals surface area contributed by atoms with Crippen LogP contribution >= 0.6 is 11.6 Å². The summed E-state index contributed by atoms with van der Waals surface area (Å²) in [5.41, 5.74) is 2.09. The van der Waals surface area contributed by atoms with Crippen LogP contribution in [0.3, 0.4) is 0 Å². The third kappa shape index (κ3) is 3.54. The molecule has 0 spiro atoms. The summed E-state index contributed by atoms with van der Waals surface area (Å²) in [5, 5.41) is 1.24. The molecule has 0 atom stereocenters. The lowest BCUT2D eigenvalue weighted by Gasteiger charge is -2.23. The van der Waals surface area contributed by atoms with E-state index in [0.717, 1.165) is 20.9 Å². The normalized spacial score (nSPS) is 11.5. The first-order valence-corrected chi connectivity index (χ1v) is 9.57. The Morgan fingerprint density at radius 1 is 1.15 bits per heavy atom. The van der Waals surface area contributed by atoms with Crippen molar-refractivity contribution in [3.63, 3.8) is 0 Å². The van der Waals surface area contributed by atoms with Gasteiger partial charge in [0.05, 0.1) is 17.7 Å². The van der Waals surface area contributed by atoms with Gasteiger partial charge in [0, 0.05) is 21.6 Å². The second-order valence-corrected chi connectivity index (χ2v) is 8.06. The number of fused-ring (bicyclic) bond motifs is 1. The Kier molecular flexibility index (Phi) is 4.93. The number of sulfonamides is 1. The molecule has 0 aliphatic heterocycles. The number of anilines is 1. The van der Waals surface area contributed by atoms with Crippen LogP contribution in [0.15, 0.2) is 53.4 Å². The van der Waals surface area contributed by atoms with E-state index in [0.29, 0.717) is 10.7 Å². The van der Waals surface area contributed by atoms with Crippen molar-refractivity contribution in [3.05, 3.63) is 59.2 Å². The van der Waals surface area contributed by atoms with Gasteiger partial charge in [-0.05, 0) is 55.5 Å². The molecule has 0 bridgehead atoms. The van der Waals surface area contributed by atoms with Gasteiger partial charge in [-0.1, -0.05) is 11.6 Å². The van der Waals surface area contributed by atoms with Gasteiger partial charge in [0.1, 0.15) is 6.54 Å². The molecule has 8 heteroatoms. The smallest absolute Gasteiger partial charge is 0.326 e. The number of halogens is 1. The lowest BCUT2D eigenvalue weighted by atomic mass is 10.2. The van der Waals surface area contributed by atoms with E-state index in [1.165, 1.54) is 13.2 Å². The summed E-state index contributed by atoms with van der Waals surface area (Å²) in [6.45, 7) is 1.45. The zero-order valence-electron chi connectivity index (χ0n) is 14.2. The van der Waals surface area contributed by atoms with Crippen LogP contribution in [0.4, 0.5) is 5.69 Å². The van der Waals surface area contributed by atoms with Gasteiger partial charge in [0.25, 0.3) is 10.0 Å². The summed E-state index contributed by atoms with van der Waals surface area (Å²) in [7, 11) is -2.77. The molecule has 0 aliphatic rings. The number of ether oxygens (including phenoxy) is 1.